The SMILES string of the molecule is CC(C)c1c(Cl)ncnc1Nc1ccc(F)cc1C#N. The molecule has 2 aromatic rings. The summed E-state index contributed by atoms with van der Waals surface area (Å²) in [5.74, 6) is 0.164. The molecule has 20 heavy (non-hydrogen) atoms. The third kappa shape index (κ3) is 2.86. The second kappa shape index (κ2) is 5.85. The lowest BCUT2D eigenvalue weighted by molar-refractivity contribution is 0.627. The van der Waals surface area contributed by atoms with Crippen molar-refractivity contribution in [3.8, 4) is 6.07 Å². The standard InChI is InChI=1S/C14H12ClFN4/c1-8(2)12-13(15)18-7-19-14(12)20-11-4-3-10(16)5-9(11)6-17/h3-5,7-8H,1-2H3,(H,18,19,20). The van der Waals surface area contributed by atoms with Crippen molar-refractivity contribution in [1.82, 2.24) is 9.97 Å². The zero-order valence-corrected chi connectivity index (χ0v) is 11.7. The van der Waals surface area contributed by atoms with Crippen LogP contribution in [-0.2, 0) is 0 Å². The Kier molecular flexibility index (Phi) is 4.16. The first-order valence-electron chi connectivity index (χ1n) is 6.00. The minimum atomic E-state index is -0.461. The van der Waals surface area contributed by atoms with Crippen LogP contribution in [0.3, 0.4) is 0 Å². The first-order chi connectivity index (χ1) is 9.52. The molecule has 0 saturated heterocycles. The van der Waals surface area contributed by atoms with Crippen molar-refractivity contribution in [2.75, 3.05) is 5.32 Å². The van der Waals surface area contributed by atoms with E-state index >= 15 is 0 Å². The summed E-state index contributed by atoms with van der Waals surface area (Å²) in [6, 6.07) is 5.88. The van der Waals surface area contributed by atoms with Gasteiger partial charge in [-0.25, -0.2) is 14.4 Å². The Bertz CT molecular complexity index is 679. The molecule has 1 heterocycles. The molecule has 1 N–H and O–H groups in total. The maximum atomic E-state index is 13.1. The van der Waals surface area contributed by atoms with Gasteiger partial charge in [-0.1, -0.05) is 25.4 Å². The highest BCUT2D eigenvalue weighted by molar-refractivity contribution is 6.30. The van der Waals surface area contributed by atoms with Gasteiger partial charge in [-0.2, -0.15) is 5.26 Å². The number of hydrogen-bond acceptors (Lipinski definition) is 4. The molecule has 1 aromatic carbocycles. The Labute approximate surface area is 121 Å². The third-order valence-electron chi connectivity index (χ3n) is 2.77. The van der Waals surface area contributed by atoms with Crippen LogP contribution in [0.15, 0.2) is 24.5 Å². The van der Waals surface area contributed by atoms with Gasteiger partial charge in [-0.3, -0.25) is 0 Å². The van der Waals surface area contributed by atoms with Crippen LogP contribution in [0.2, 0.25) is 5.15 Å². The molecule has 0 fully saturated rings. The lowest BCUT2D eigenvalue weighted by Gasteiger charge is -2.15. The molecule has 0 spiro atoms. The van der Waals surface area contributed by atoms with Gasteiger partial charge in [0.05, 0.1) is 11.3 Å². The Morgan fingerprint density at radius 1 is 1.35 bits per heavy atom. The van der Waals surface area contributed by atoms with Crippen molar-refractivity contribution in [3.05, 3.63) is 46.6 Å². The van der Waals surface area contributed by atoms with Crippen molar-refractivity contribution < 1.29 is 4.39 Å². The van der Waals surface area contributed by atoms with Crippen molar-refractivity contribution in [2.24, 2.45) is 0 Å². The number of benzene rings is 1. The molecule has 0 radical (unpaired) electrons. The number of nitriles is 1. The molecule has 1 aromatic heterocycles. The fourth-order valence-electron chi connectivity index (χ4n) is 1.83. The smallest absolute Gasteiger partial charge is 0.138 e. The zero-order chi connectivity index (χ0) is 14.7. The molecule has 4 nitrogen and oxygen atoms in total. The number of halogens is 2. The molecule has 0 saturated carbocycles. The van der Waals surface area contributed by atoms with Gasteiger partial charge in [0.25, 0.3) is 0 Å². The number of hydrogen-bond donors (Lipinski definition) is 1. The van der Waals surface area contributed by atoms with Crippen LogP contribution in [0, 0.1) is 17.1 Å². The number of nitrogens with one attached hydrogen (secondary N) is 1. The molecule has 0 atom stereocenters. The van der Waals surface area contributed by atoms with Gasteiger partial charge in [-0.15, -0.1) is 0 Å². The van der Waals surface area contributed by atoms with Crippen LogP contribution < -0.4 is 5.32 Å². The van der Waals surface area contributed by atoms with E-state index in [0.29, 0.717) is 16.7 Å². The number of nitrogens with zero attached hydrogens (tertiary/aromatic N) is 3. The largest absolute Gasteiger partial charge is 0.339 e. The summed E-state index contributed by atoms with van der Waals surface area (Å²) in [5, 5.41) is 12.4. The molecule has 0 bridgehead atoms. The maximum Gasteiger partial charge on any atom is 0.138 e. The average molecular weight is 291 g/mol. The molecule has 0 amide bonds. The van der Waals surface area contributed by atoms with E-state index in [-0.39, 0.29) is 11.5 Å². The maximum absolute atomic E-state index is 13.1. The van der Waals surface area contributed by atoms with Gasteiger partial charge < -0.3 is 5.32 Å². The lowest BCUT2D eigenvalue weighted by atomic mass is 10.1. The van der Waals surface area contributed by atoms with E-state index in [2.05, 4.69) is 15.3 Å². The zero-order valence-electron chi connectivity index (χ0n) is 11.0. The van der Waals surface area contributed by atoms with E-state index in [1.807, 2.05) is 19.9 Å². The van der Waals surface area contributed by atoms with E-state index in [0.717, 1.165) is 5.56 Å². The van der Waals surface area contributed by atoms with Gasteiger partial charge in [0.15, 0.2) is 0 Å². The van der Waals surface area contributed by atoms with E-state index in [1.54, 1.807) is 0 Å². The first kappa shape index (κ1) is 14.2. The number of aromatic nitrogens is 2. The van der Waals surface area contributed by atoms with Gasteiger partial charge in [0.2, 0.25) is 0 Å². The highest BCUT2D eigenvalue weighted by atomic mass is 35.5. The molecular formula is C14H12ClFN4. The molecule has 0 aliphatic rings. The predicted molar refractivity (Wildman–Crippen MR) is 75.5 cm³/mol. The van der Waals surface area contributed by atoms with Crippen LogP contribution in [0.4, 0.5) is 15.9 Å². The van der Waals surface area contributed by atoms with Crippen LogP contribution in [-0.4, -0.2) is 9.97 Å². The summed E-state index contributed by atoms with van der Waals surface area (Å²) in [5.41, 5.74) is 1.43. The topological polar surface area (TPSA) is 61.6 Å². The molecule has 0 aliphatic heterocycles. The van der Waals surface area contributed by atoms with Gasteiger partial charge >= 0.3 is 0 Å². The van der Waals surface area contributed by atoms with Gasteiger partial charge in [-0.05, 0) is 24.1 Å². The Morgan fingerprint density at radius 2 is 2.10 bits per heavy atom. The van der Waals surface area contributed by atoms with E-state index in [9.17, 15) is 4.39 Å². The molecule has 6 heteroatoms. The van der Waals surface area contributed by atoms with E-state index in [1.165, 1.54) is 24.5 Å². The number of rotatable bonds is 3. The van der Waals surface area contributed by atoms with Crippen molar-refractivity contribution >= 4 is 23.1 Å². The fourth-order valence-corrected chi connectivity index (χ4v) is 2.18. The highest BCUT2D eigenvalue weighted by Crippen LogP contribution is 2.30. The first-order valence-corrected chi connectivity index (χ1v) is 6.37. The number of anilines is 2. The third-order valence-corrected chi connectivity index (χ3v) is 3.07. The molecular weight excluding hydrogens is 279 g/mol. The predicted octanol–water partition coefficient (Wildman–Crippen LogP) is 4.01. The van der Waals surface area contributed by atoms with Crippen molar-refractivity contribution in [3.63, 3.8) is 0 Å². The summed E-state index contributed by atoms with van der Waals surface area (Å²) in [6.45, 7) is 3.93. The van der Waals surface area contributed by atoms with E-state index in [4.69, 9.17) is 16.9 Å². The van der Waals surface area contributed by atoms with Crippen LogP contribution >= 0.6 is 11.6 Å². The van der Waals surface area contributed by atoms with E-state index < -0.39 is 5.82 Å². The Balaban J connectivity index is 2.46. The van der Waals surface area contributed by atoms with Crippen molar-refractivity contribution in [2.45, 2.75) is 19.8 Å². The molecule has 102 valence electrons. The second-order valence-corrected chi connectivity index (χ2v) is 4.87. The highest BCUT2D eigenvalue weighted by Gasteiger charge is 2.15. The summed E-state index contributed by atoms with van der Waals surface area (Å²) in [6.07, 6.45) is 1.34. The Morgan fingerprint density at radius 3 is 2.75 bits per heavy atom. The lowest BCUT2D eigenvalue weighted by Crippen LogP contribution is -2.04. The summed E-state index contributed by atoms with van der Waals surface area (Å²) in [4.78, 5) is 8.09. The normalized spacial score (nSPS) is 10.4. The van der Waals surface area contributed by atoms with Gasteiger partial charge in [0, 0.05) is 5.56 Å². The fraction of sp³-hybridized carbons (Fsp3) is 0.214. The average Bonchev–Trinajstić information content (AvgIpc) is 2.40. The summed E-state index contributed by atoms with van der Waals surface area (Å²) in [7, 11) is 0. The van der Waals surface area contributed by atoms with Crippen LogP contribution in [0.25, 0.3) is 0 Å². The molecule has 0 unspecified atom stereocenters. The molecule has 2 rings (SSSR count). The minimum absolute atomic E-state index is 0.109. The quantitative estimate of drug-likeness (QED) is 0.868. The Hall–Kier alpha value is -2.19. The van der Waals surface area contributed by atoms with Crippen molar-refractivity contribution in [1.29, 1.82) is 5.26 Å². The monoisotopic (exact) mass is 290 g/mol. The summed E-state index contributed by atoms with van der Waals surface area (Å²) >= 11 is 6.07. The minimum Gasteiger partial charge on any atom is -0.339 e. The molecule has 0 aliphatic carbocycles. The van der Waals surface area contributed by atoms with Crippen LogP contribution in [0.1, 0.15) is 30.9 Å². The summed E-state index contributed by atoms with van der Waals surface area (Å²) < 4.78 is 13.1. The van der Waals surface area contributed by atoms with Gasteiger partial charge in [0.1, 0.15) is 29.2 Å². The van der Waals surface area contributed by atoms with Crippen LogP contribution in [0.5, 0.6) is 0 Å². The second-order valence-electron chi connectivity index (χ2n) is 4.51.